The lowest BCUT2D eigenvalue weighted by molar-refractivity contribution is -0.155. The first-order valence-electron chi connectivity index (χ1n) is 9.21. The lowest BCUT2D eigenvalue weighted by atomic mass is 9.86. The van der Waals surface area contributed by atoms with Crippen molar-refractivity contribution in [2.45, 2.75) is 44.7 Å². The number of likely N-dealkylation sites (N-methyl/N-ethyl adjacent to an activating group) is 1. The Kier molecular flexibility index (Phi) is 5.65. The summed E-state index contributed by atoms with van der Waals surface area (Å²) in [5.41, 5.74) is 1.40. The summed E-state index contributed by atoms with van der Waals surface area (Å²) in [7, 11) is 0. The minimum atomic E-state index is -2.77. The average Bonchev–Trinajstić information content (AvgIpc) is 2.62. The zero-order valence-corrected chi connectivity index (χ0v) is 15.8. The van der Waals surface area contributed by atoms with Crippen LogP contribution in [0.3, 0.4) is 0 Å². The Labute approximate surface area is 162 Å². The summed E-state index contributed by atoms with van der Waals surface area (Å²) in [6, 6.07) is 10.5. The number of hydrogen-bond acceptors (Lipinski definition) is 3. The molecule has 150 valence electrons. The van der Waals surface area contributed by atoms with E-state index in [1.165, 1.54) is 23.1 Å². The zero-order valence-electron chi connectivity index (χ0n) is 15.8. The quantitative estimate of drug-likeness (QED) is 0.724. The van der Waals surface area contributed by atoms with Gasteiger partial charge in [0.25, 0.3) is 11.8 Å². The van der Waals surface area contributed by atoms with Crippen molar-refractivity contribution in [3.05, 3.63) is 65.5 Å². The maximum absolute atomic E-state index is 13.7. The number of aryl methyl sites for hydroxylation is 1. The molecule has 0 heterocycles. The molecule has 28 heavy (non-hydrogen) atoms. The van der Waals surface area contributed by atoms with Gasteiger partial charge in [-0.2, -0.15) is 0 Å². The Morgan fingerprint density at radius 3 is 2.46 bits per heavy atom. The molecule has 0 saturated heterocycles. The fourth-order valence-corrected chi connectivity index (χ4v) is 3.63. The summed E-state index contributed by atoms with van der Waals surface area (Å²) < 4.78 is 40.4. The van der Waals surface area contributed by atoms with Gasteiger partial charge in [0, 0.05) is 25.4 Å². The molecule has 1 aliphatic rings. The highest BCUT2D eigenvalue weighted by Crippen LogP contribution is 2.42. The van der Waals surface area contributed by atoms with Crippen LogP contribution in [0, 0.1) is 12.7 Å². The molecule has 1 atom stereocenters. The SMILES string of the molecule is CCN(C(=O)[C@H](c1ccccc1C)N(O)c1cccc(F)c1)C1CC(F)(F)C1. The minimum Gasteiger partial charge on any atom is -0.337 e. The van der Waals surface area contributed by atoms with E-state index in [0.29, 0.717) is 10.6 Å². The van der Waals surface area contributed by atoms with Crippen molar-refractivity contribution in [1.82, 2.24) is 4.90 Å². The Balaban J connectivity index is 1.98. The van der Waals surface area contributed by atoms with Crippen LogP contribution in [0.1, 0.15) is 36.9 Å². The Bertz CT molecular complexity index is 851. The molecule has 1 saturated carbocycles. The van der Waals surface area contributed by atoms with Crippen molar-refractivity contribution in [2.75, 3.05) is 11.6 Å². The number of benzene rings is 2. The Hall–Kier alpha value is -2.54. The van der Waals surface area contributed by atoms with Gasteiger partial charge in [0.05, 0.1) is 5.69 Å². The smallest absolute Gasteiger partial charge is 0.252 e. The van der Waals surface area contributed by atoms with Crippen LogP contribution in [0.2, 0.25) is 0 Å². The topological polar surface area (TPSA) is 43.8 Å². The molecular formula is C21H23F3N2O2. The van der Waals surface area contributed by atoms with E-state index in [1.807, 2.05) is 0 Å². The number of carbonyl (C=O) groups excluding carboxylic acids is 1. The molecule has 2 aromatic carbocycles. The van der Waals surface area contributed by atoms with Crippen LogP contribution in [0.25, 0.3) is 0 Å². The molecule has 7 heteroatoms. The highest BCUT2D eigenvalue weighted by molar-refractivity contribution is 5.87. The van der Waals surface area contributed by atoms with E-state index >= 15 is 0 Å². The van der Waals surface area contributed by atoms with Gasteiger partial charge in [-0.1, -0.05) is 30.3 Å². The second kappa shape index (κ2) is 7.83. The molecule has 1 fully saturated rings. The molecule has 0 unspecified atom stereocenters. The number of hydroxylamine groups is 1. The van der Waals surface area contributed by atoms with Crippen LogP contribution < -0.4 is 5.06 Å². The number of amides is 1. The molecule has 0 spiro atoms. The van der Waals surface area contributed by atoms with Crippen LogP contribution >= 0.6 is 0 Å². The first kappa shape index (κ1) is 20.2. The van der Waals surface area contributed by atoms with E-state index in [1.54, 1.807) is 38.1 Å². The van der Waals surface area contributed by atoms with Crippen molar-refractivity contribution in [2.24, 2.45) is 0 Å². The molecule has 0 radical (unpaired) electrons. The molecule has 1 aliphatic carbocycles. The molecular weight excluding hydrogens is 369 g/mol. The number of halogens is 3. The number of rotatable bonds is 6. The lowest BCUT2D eigenvalue weighted by Gasteiger charge is -2.44. The number of alkyl halides is 2. The van der Waals surface area contributed by atoms with Gasteiger partial charge in [0.1, 0.15) is 5.82 Å². The average molecular weight is 392 g/mol. The van der Waals surface area contributed by atoms with Gasteiger partial charge in [0.2, 0.25) is 0 Å². The molecule has 4 nitrogen and oxygen atoms in total. The van der Waals surface area contributed by atoms with E-state index in [9.17, 15) is 23.2 Å². The van der Waals surface area contributed by atoms with E-state index in [2.05, 4.69) is 0 Å². The summed E-state index contributed by atoms with van der Waals surface area (Å²) in [5, 5.41) is 11.6. The molecule has 0 aromatic heterocycles. The maximum Gasteiger partial charge on any atom is 0.252 e. The van der Waals surface area contributed by atoms with E-state index in [-0.39, 0.29) is 12.2 Å². The summed E-state index contributed by atoms with van der Waals surface area (Å²) >= 11 is 0. The van der Waals surface area contributed by atoms with Gasteiger partial charge in [-0.25, -0.2) is 18.2 Å². The second-order valence-corrected chi connectivity index (χ2v) is 7.13. The first-order valence-corrected chi connectivity index (χ1v) is 9.21. The number of anilines is 1. The summed E-state index contributed by atoms with van der Waals surface area (Å²) in [4.78, 5) is 14.7. The van der Waals surface area contributed by atoms with Crippen molar-refractivity contribution in [1.29, 1.82) is 0 Å². The van der Waals surface area contributed by atoms with Gasteiger partial charge in [0.15, 0.2) is 6.04 Å². The molecule has 3 rings (SSSR count). The third-order valence-corrected chi connectivity index (χ3v) is 5.17. The van der Waals surface area contributed by atoms with E-state index < -0.39 is 42.6 Å². The molecule has 0 aliphatic heterocycles. The van der Waals surface area contributed by atoms with Gasteiger partial charge in [-0.3, -0.25) is 10.0 Å². The molecule has 1 amide bonds. The lowest BCUT2D eigenvalue weighted by Crippen LogP contribution is -2.55. The Morgan fingerprint density at radius 1 is 1.21 bits per heavy atom. The standard InChI is InChI=1S/C21H23F3N2O2/c1-3-25(17-12-21(23,24)13-17)20(27)19(18-10-5-4-7-14(18)2)26(28)16-9-6-8-15(22)11-16/h4-11,17,19,28H,3,12-13H2,1-2H3/t19-/m0/s1. The van der Waals surface area contributed by atoms with Crippen LogP contribution in [0.5, 0.6) is 0 Å². The van der Waals surface area contributed by atoms with Crippen molar-refractivity contribution in [3.63, 3.8) is 0 Å². The van der Waals surface area contributed by atoms with Crippen molar-refractivity contribution < 1.29 is 23.2 Å². The monoisotopic (exact) mass is 392 g/mol. The summed E-state index contributed by atoms with van der Waals surface area (Å²) in [6.45, 7) is 3.74. The maximum atomic E-state index is 13.7. The second-order valence-electron chi connectivity index (χ2n) is 7.13. The van der Waals surface area contributed by atoms with Crippen molar-refractivity contribution >= 4 is 11.6 Å². The summed E-state index contributed by atoms with van der Waals surface area (Å²) in [6.07, 6.45) is -0.781. The normalized spacial score (nSPS) is 16.9. The highest BCUT2D eigenvalue weighted by atomic mass is 19.3. The van der Waals surface area contributed by atoms with Gasteiger partial charge in [-0.15, -0.1) is 0 Å². The fraction of sp³-hybridized carbons (Fsp3) is 0.381. The van der Waals surface area contributed by atoms with E-state index in [4.69, 9.17) is 0 Å². The van der Waals surface area contributed by atoms with Gasteiger partial charge >= 0.3 is 0 Å². The third kappa shape index (κ3) is 3.99. The molecule has 1 N–H and O–H groups in total. The summed E-state index contributed by atoms with van der Waals surface area (Å²) in [5.74, 6) is -3.82. The van der Waals surface area contributed by atoms with Crippen LogP contribution in [0.4, 0.5) is 18.9 Å². The van der Waals surface area contributed by atoms with Crippen LogP contribution in [0.15, 0.2) is 48.5 Å². The molecule has 2 aromatic rings. The predicted molar refractivity (Wildman–Crippen MR) is 99.9 cm³/mol. The van der Waals surface area contributed by atoms with E-state index in [0.717, 1.165) is 11.6 Å². The first-order chi connectivity index (χ1) is 13.2. The largest absolute Gasteiger partial charge is 0.337 e. The number of nitrogens with zero attached hydrogens (tertiary/aromatic N) is 2. The highest BCUT2D eigenvalue weighted by Gasteiger charge is 2.50. The predicted octanol–water partition coefficient (Wildman–Crippen LogP) is 4.72. The fourth-order valence-electron chi connectivity index (χ4n) is 3.63. The zero-order chi connectivity index (χ0) is 20.5. The van der Waals surface area contributed by atoms with Gasteiger partial charge in [-0.05, 0) is 43.2 Å². The minimum absolute atomic E-state index is 0.108. The number of hydrogen-bond donors (Lipinski definition) is 1. The van der Waals surface area contributed by atoms with Gasteiger partial charge < -0.3 is 4.90 Å². The Morgan fingerprint density at radius 2 is 1.89 bits per heavy atom. The van der Waals surface area contributed by atoms with Crippen LogP contribution in [-0.4, -0.2) is 34.5 Å². The van der Waals surface area contributed by atoms with Crippen LogP contribution in [-0.2, 0) is 4.79 Å². The van der Waals surface area contributed by atoms with Crippen molar-refractivity contribution in [3.8, 4) is 0 Å². The number of carbonyl (C=O) groups is 1. The third-order valence-electron chi connectivity index (χ3n) is 5.17. The molecule has 0 bridgehead atoms.